The molecule has 0 aromatic heterocycles. The van der Waals surface area contributed by atoms with Crippen LogP contribution in [-0.2, 0) is 11.2 Å². The number of aliphatic carboxylic acids is 1. The summed E-state index contributed by atoms with van der Waals surface area (Å²) in [4.78, 5) is 10.7. The molecular formula is C10H12BrNO2. The third-order valence-electron chi connectivity index (χ3n) is 2.00. The van der Waals surface area contributed by atoms with Crippen LogP contribution in [0.2, 0.25) is 0 Å². The van der Waals surface area contributed by atoms with Crippen molar-refractivity contribution in [3.8, 4) is 0 Å². The largest absolute Gasteiger partial charge is 0.481 e. The maximum Gasteiger partial charge on any atom is 0.308 e. The lowest BCUT2D eigenvalue weighted by molar-refractivity contribution is -0.141. The van der Waals surface area contributed by atoms with Gasteiger partial charge in [-0.15, -0.1) is 0 Å². The summed E-state index contributed by atoms with van der Waals surface area (Å²) in [5.41, 5.74) is 6.35. The molecule has 0 spiro atoms. The lowest BCUT2D eigenvalue weighted by Crippen LogP contribution is -2.25. The van der Waals surface area contributed by atoms with Crippen LogP contribution in [0.4, 0.5) is 0 Å². The second-order valence-electron chi connectivity index (χ2n) is 3.10. The van der Waals surface area contributed by atoms with Crippen molar-refractivity contribution in [1.29, 1.82) is 0 Å². The van der Waals surface area contributed by atoms with Crippen molar-refractivity contribution < 1.29 is 9.90 Å². The molecule has 0 bridgehead atoms. The monoisotopic (exact) mass is 257 g/mol. The van der Waals surface area contributed by atoms with Crippen LogP contribution in [0.25, 0.3) is 0 Å². The second kappa shape index (κ2) is 5.12. The Balaban J connectivity index is 2.72. The molecule has 0 aliphatic rings. The number of carboxylic acid groups (broad SMARTS) is 1. The van der Waals surface area contributed by atoms with Crippen molar-refractivity contribution >= 4 is 21.9 Å². The van der Waals surface area contributed by atoms with Gasteiger partial charge in [-0.1, -0.05) is 28.1 Å². The Bertz CT molecular complexity index is 328. The van der Waals surface area contributed by atoms with E-state index in [4.69, 9.17) is 10.8 Å². The van der Waals surface area contributed by atoms with Crippen molar-refractivity contribution in [1.82, 2.24) is 0 Å². The van der Waals surface area contributed by atoms with Gasteiger partial charge in [-0.05, 0) is 24.1 Å². The maximum atomic E-state index is 10.7. The number of nitrogens with two attached hydrogens (primary N) is 1. The normalized spacial score (nSPS) is 12.4. The highest BCUT2D eigenvalue weighted by molar-refractivity contribution is 9.10. The van der Waals surface area contributed by atoms with Gasteiger partial charge in [0.15, 0.2) is 0 Å². The number of hydrogen-bond donors (Lipinski definition) is 2. The van der Waals surface area contributed by atoms with E-state index >= 15 is 0 Å². The highest BCUT2D eigenvalue weighted by atomic mass is 79.9. The van der Waals surface area contributed by atoms with E-state index in [2.05, 4.69) is 15.9 Å². The molecule has 1 aromatic carbocycles. The van der Waals surface area contributed by atoms with Crippen molar-refractivity contribution in [2.75, 3.05) is 6.54 Å². The van der Waals surface area contributed by atoms with Gasteiger partial charge in [0.1, 0.15) is 0 Å². The van der Waals surface area contributed by atoms with Gasteiger partial charge in [-0.25, -0.2) is 0 Å². The summed E-state index contributed by atoms with van der Waals surface area (Å²) in [6.45, 7) is 0.168. The van der Waals surface area contributed by atoms with Gasteiger partial charge in [0.05, 0.1) is 5.92 Å². The predicted molar refractivity (Wildman–Crippen MR) is 58.0 cm³/mol. The topological polar surface area (TPSA) is 63.3 Å². The van der Waals surface area contributed by atoms with Crippen molar-refractivity contribution in [3.05, 3.63) is 34.3 Å². The molecule has 0 heterocycles. The molecule has 1 unspecified atom stereocenters. The predicted octanol–water partition coefficient (Wildman–Crippen LogP) is 1.65. The number of halogens is 1. The number of rotatable bonds is 4. The first-order valence-electron chi connectivity index (χ1n) is 4.31. The molecular weight excluding hydrogens is 246 g/mol. The summed E-state index contributed by atoms with van der Waals surface area (Å²) in [5, 5.41) is 8.81. The van der Waals surface area contributed by atoms with E-state index in [0.717, 1.165) is 10.0 Å². The molecule has 1 rings (SSSR count). The fourth-order valence-corrected chi connectivity index (χ4v) is 1.67. The van der Waals surface area contributed by atoms with Crippen molar-refractivity contribution in [2.45, 2.75) is 6.42 Å². The minimum absolute atomic E-state index is 0.168. The van der Waals surface area contributed by atoms with E-state index in [1.165, 1.54) is 0 Å². The molecule has 3 N–H and O–H groups in total. The molecule has 3 nitrogen and oxygen atoms in total. The Kier molecular flexibility index (Phi) is 4.10. The Morgan fingerprint density at radius 2 is 2.29 bits per heavy atom. The summed E-state index contributed by atoms with van der Waals surface area (Å²) >= 11 is 3.33. The smallest absolute Gasteiger partial charge is 0.308 e. The van der Waals surface area contributed by atoms with E-state index in [-0.39, 0.29) is 6.54 Å². The van der Waals surface area contributed by atoms with E-state index in [0.29, 0.717) is 6.42 Å². The first-order valence-corrected chi connectivity index (χ1v) is 5.10. The molecule has 0 radical (unpaired) electrons. The first kappa shape index (κ1) is 11.2. The fraction of sp³-hybridized carbons (Fsp3) is 0.300. The standard InChI is InChI=1S/C10H12BrNO2/c11-9-3-1-2-7(5-9)4-8(6-12)10(13)14/h1-3,5,8H,4,6,12H2,(H,13,14). The SMILES string of the molecule is NCC(Cc1cccc(Br)c1)C(=O)O. The Labute approximate surface area is 91.1 Å². The third kappa shape index (κ3) is 3.12. The van der Waals surface area contributed by atoms with Gasteiger partial charge in [0.2, 0.25) is 0 Å². The highest BCUT2D eigenvalue weighted by Crippen LogP contribution is 2.14. The minimum Gasteiger partial charge on any atom is -0.481 e. The maximum absolute atomic E-state index is 10.7. The van der Waals surface area contributed by atoms with E-state index in [1.54, 1.807) is 0 Å². The Morgan fingerprint density at radius 1 is 1.57 bits per heavy atom. The van der Waals surface area contributed by atoms with Crippen LogP contribution in [-0.4, -0.2) is 17.6 Å². The number of benzene rings is 1. The Hall–Kier alpha value is -0.870. The third-order valence-corrected chi connectivity index (χ3v) is 2.50. The number of carbonyl (C=O) groups is 1. The summed E-state index contributed by atoms with van der Waals surface area (Å²) in [7, 11) is 0. The lowest BCUT2D eigenvalue weighted by Gasteiger charge is -2.09. The molecule has 4 heteroatoms. The van der Waals surface area contributed by atoms with E-state index in [9.17, 15) is 4.79 Å². The molecule has 76 valence electrons. The van der Waals surface area contributed by atoms with Gasteiger partial charge < -0.3 is 10.8 Å². The fourth-order valence-electron chi connectivity index (χ4n) is 1.22. The minimum atomic E-state index is -0.840. The average Bonchev–Trinajstić information content (AvgIpc) is 2.14. The Morgan fingerprint density at radius 3 is 2.79 bits per heavy atom. The molecule has 0 fully saturated rings. The molecule has 0 amide bonds. The number of hydrogen-bond acceptors (Lipinski definition) is 2. The van der Waals surface area contributed by atoms with E-state index in [1.807, 2.05) is 24.3 Å². The highest BCUT2D eigenvalue weighted by Gasteiger charge is 2.15. The molecule has 0 saturated carbocycles. The summed E-state index contributed by atoms with van der Waals surface area (Å²) in [5.74, 6) is -1.34. The zero-order valence-electron chi connectivity index (χ0n) is 7.61. The van der Waals surface area contributed by atoms with E-state index < -0.39 is 11.9 Å². The molecule has 14 heavy (non-hydrogen) atoms. The van der Waals surface area contributed by atoms with Gasteiger partial charge in [0, 0.05) is 11.0 Å². The molecule has 0 aliphatic heterocycles. The van der Waals surface area contributed by atoms with Crippen molar-refractivity contribution in [3.63, 3.8) is 0 Å². The van der Waals surface area contributed by atoms with Gasteiger partial charge in [-0.2, -0.15) is 0 Å². The summed E-state index contributed by atoms with van der Waals surface area (Å²) in [6, 6.07) is 7.60. The van der Waals surface area contributed by atoms with Gasteiger partial charge in [-0.3, -0.25) is 4.79 Å². The van der Waals surface area contributed by atoms with Crippen LogP contribution in [0, 0.1) is 5.92 Å². The molecule has 0 aliphatic carbocycles. The quantitative estimate of drug-likeness (QED) is 0.863. The number of carboxylic acids is 1. The van der Waals surface area contributed by atoms with Crippen LogP contribution >= 0.6 is 15.9 Å². The van der Waals surface area contributed by atoms with Crippen LogP contribution in [0.15, 0.2) is 28.7 Å². The van der Waals surface area contributed by atoms with Crippen molar-refractivity contribution in [2.24, 2.45) is 11.7 Å². The van der Waals surface area contributed by atoms with Crippen LogP contribution in [0.3, 0.4) is 0 Å². The summed E-state index contributed by atoms with van der Waals surface area (Å²) < 4.78 is 0.955. The first-order chi connectivity index (χ1) is 6.63. The van der Waals surface area contributed by atoms with Crippen LogP contribution < -0.4 is 5.73 Å². The van der Waals surface area contributed by atoms with Crippen LogP contribution in [0.1, 0.15) is 5.56 Å². The molecule has 1 aromatic rings. The molecule has 1 atom stereocenters. The summed E-state index contributed by atoms with van der Waals surface area (Å²) in [6.07, 6.45) is 0.477. The van der Waals surface area contributed by atoms with Gasteiger partial charge in [0.25, 0.3) is 0 Å². The lowest BCUT2D eigenvalue weighted by atomic mass is 10.00. The zero-order chi connectivity index (χ0) is 10.6. The molecule has 0 saturated heterocycles. The van der Waals surface area contributed by atoms with Gasteiger partial charge >= 0.3 is 5.97 Å². The van der Waals surface area contributed by atoms with Crippen LogP contribution in [0.5, 0.6) is 0 Å². The second-order valence-corrected chi connectivity index (χ2v) is 4.02. The zero-order valence-corrected chi connectivity index (χ0v) is 9.20. The average molecular weight is 258 g/mol.